The van der Waals surface area contributed by atoms with E-state index in [1.54, 1.807) is 0 Å². The molecule has 112 heavy (non-hydrogen) atoms. The minimum absolute atomic E-state index is 0.0851. The number of unbranched alkanes of at least 4 members (excludes halogenated alkanes) is 10. The van der Waals surface area contributed by atoms with Gasteiger partial charge in [-0.1, -0.05) is 51.9 Å². The standard InChI is InChI=1S/C74H137N11O27/c1-2-20-49-41-50(89)42-85(49)61(97)25-10-8-6-4-3-5-7-9-24-60(96)84-74(46-104-38-26-57(93)81-32-17-29-78-54(90)21-11-14-35-107-71-62(75)68(101)65(98)51(43-86)110-71,47-105-39-27-58(94)82-33-18-30-79-55(91)22-12-15-36-108-72-63(76)69(102)66(99)52(44-87)111-72)48-106-40-28-59(95)83-34-19-31-80-56(92)23-13-16-37-109-73-64(77)70(103)67(100)53(45-88)112-73/h49-53,62-73,86-89,98-103H,2-48,75-77H2,1H3,(H,78,90)(H,79,91)(H,80,92)(H,81,93)(H,82,94)(H,83,95)(H,84,96)/t49-,50-,51?,52?,53?,62?,63?,64?,65?,66?,67?,68?,69?,70?,71?,72?,73?,74?/m1/s1. The number of nitrogens with one attached hydrogen (secondary N) is 7. The first-order chi connectivity index (χ1) is 53.9. The summed E-state index contributed by atoms with van der Waals surface area (Å²) >= 11 is 0. The van der Waals surface area contributed by atoms with Gasteiger partial charge in [-0.25, -0.2) is 0 Å². The highest BCUT2D eigenvalue weighted by Crippen LogP contribution is 2.26. The van der Waals surface area contributed by atoms with Crippen LogP contribution in [0.1, 0.15) is 187 Å². The van der Waals surface area contributed by atoms with E-state index in [1.807, 2.05) is 4.90 Å². The molecule has 0 spiro atoms. The van der Waals surface area contributed by atoms with Crippen LogP contribution in [0.25, 0.3) is 0 Å². The molecule has 38 heteroatoms. The number of hydrogen-bond donors (Lipinski definition) is 20. The number of aliphatic hydroxyl groups excluding tert-OH is 10. The van der Waals surface area contributed by atoms with Gasteiger partial charge < -0.3 is 153 Å². The zero-order chi connectivity index (χ0) is 82.1. The molecule has 650 valence electrons. The molecule has 17 atom stereocenters. The molecule has 0 aliphatic carbocycles. The van der Waals surface area contributed by atoms with Crippen LogP contribution < -0.4 is 54.4 Å². The predicted molar refractivity (Wildman–Crippen MR) is 403 cm³/mol. The van der Waals surface area contributed by atoms with Gasteiger partial charge in [0.05, 0.1) is 83.7 Å². The predicted octanol–water partition coefficient (Wildman–Crippen LogP) is -4.55. The Hall–Kier alpha value is -5.12. The van der Waals surface area contributed by atoms with Crippen LogP contribution >= 0.6 is 0 Å². The largest absolute Gasteiger partial charge is 0.394 e. The van der Waals surface area contributed by atoms with Crippen LogP contribution in [-0.4, -0.2) is 338 Å². The minimum Gasteiger partial charge on any atom is -0.394 e. The second-order valence-electron chi connectivity index (χ2n) is 29.4. The van der Waals surface area contributed by atoms with Crippen LogP contribution in [0.5, 0.6) is 0 Å². The third-order valence-electron chi connectivity index (χ3n) is 19.9. The van der Waals surface area contributed by atoms with Crippen molar-refractivity contribution >= 4 is 47.3 Å². The van der Waals surface area contributed by atoms with Crippen molar-refractivity contribution in [2.45, 2.75) is 296 Å². The lowest BCUT2D eigenvalue weighted by Gasteiger charge is -2.40. The van der Waals surface area contributed by atoms with Crippen molar-refractivity contribution in [3.8, 4) is 0 Å². The molecule has 38 nitrogen and oxygen atoms in total. The number of ether oxygens (including phenoxy) is 9. The average Bonchev–Trinajstić information content (AvgIpc) is 1.18. The highest BCUT2D eigenvalue weighted by molar-refractivity contribution is 5.79. The van der Waals surface area contributed by atoms with Crippen molar-refractivity contribution in [2.75, 3.05) is 125 Å². The molecule has 0 aromatic heterocycles. The molecule has 0 radical (unpaired) electrons. The first-order valence-corrected chi connectivity index (χ1v) is 40.5. The van der Waals surface area contributed by atoms with Crippen molar-refractivity contribution in [3.05, 3.63) is 0 Å². The van der Waals surface area contributed by atoms with Gasteiger partial charge in [0.1, 0.15) is 60.5 Å². The van der Waals surface area contributed by atoms with Crippen molar-refractivity contribution < 1.29 is 132 Å². The molecule has 4 aliphatic heterocycles. The van der Waals surface area contributed by atoms with Crippen LogP contribution in [0.3, 0.4) is 0 Å². The van der Waals surface area contributed by atoms with Gasteiger partial charge in [0.25, 0.3) is 0 Å². The summed E-state index contributed by atoms with van der Waals surface area (Å²) in [5, 5.41) is 119. The van der Waals surface area contributed by atoms with Gasteiger partial charge >= 0.3 is 0 Å². The van der Waals surface area contributed by atoms with E-state index in [-0.39, 0.29) is 197 Å². The number of likely N-dealkylation sites (tertiary alicyclic amines) is 1. The minimum atomic E-state index is -1.39. The molecule has 0 saturated carbocycles. The van der Waals surface area contributed by atoms with Crippen molar-refractivity contribution in [2.24, 2.45) is 17.2 Å². The Balaban J connectivity index is 1.27. The molecule has 4 saturated heterocycles. The maximum atomic E-state index is 14.0. The molecule has 4 aliphatic rings. The molecule has 4 fully saturated rings. The lowest BCUT2D eigenvalue weighted by atomic mass is 9.98. The van der Waals surface area contributed by atoms with E-state index in [1.165, 1.54) is 0 Å². The third-order valence-corrected chi connectivity index (χ3v) is 19.9. The fourth-order valence-corrected chi connectivity index (χ4v) is 13.1. The van der Waals surface area contributed by atoms with Crippen LogP contribution in [0, 0.1) is 0 Å². The molecule has 0 aromatic rings. The van der Waals surface area contributed by atoms with Gasteiger partial charge in [-0.15, -0.1) is 0 Å². The van der Waals surface area contributed by atoms with E-state index in [9.17, 15) is 89.4 Å². The Morgan fingerprint density at radius 3 is 1.00 bits per heavy atom. The fraction of sp³-hybridized carbons (Fsp3) is 0.892. The first kappa shape index (κ1) is 99.2. The van der Waals surface area contributed by atoms with E-state index in [4.69, 9.17) is 59.8 Å². The van der Waals surface area contributed by atoms with E-state index < -0.39 is 123 Å². The van der Waals surface area contributed by atoms with Crippen LogP contribution in [0.4, 0.5) is 0 Å². The molecule has 15 unspecified atom stereocenters. The maximum absolute atomic E-state index is 14.0. The van der Waals surface area contributed by atoms with Gasteiger partial charge in [-0.05, 0) is 83.5 Å². The zero-order valence-corrected chi connectivity index (χ0v) is 65.6. The number of nitrogens with zero attached hydrogens (tertiary/aromatic N) is 1. The summed E-state index contributed by atoms with van der Waals surface area (Å²) in [7, 11) is 0. The van der Waals surface area contributed by atoms with Gasteiger partial charge in [-0.3, -0.25) is 38.4 Å². The smallest absolute Gasteiger partial charge is 0.222 e. The molecule has 8 amide bonds. The van der Waals surface area contributed by atoms with Gasteiger partial charge in [0.15, 0.2) is 18.9 Å². The lowest BCUT2D eigenvalue weighted by Crippen LogP contribution is -2.62. The Morgan fingerprint density at radius 1 is 0.384 bits per heavy atom. The summed E-state index contributed by atoms with van der Waals surface area (Å²) in [6.45, 7) is 1.90. The van der Waals surface area contributed by atoms with Gasteiger partial charge in [0, 0.05) is 123 Å². The monoisotopic (exact) mass is 1610 g/mol. The van der Waals surface area contributed by atoms with Crippen molar-refractivity contribution in [3.63, 3.8) is 0 Å². The number of aliphatic hydroxyl groups is 10. The normalized spacial score (nSPS) is 26.4. The topological polar surface area (TPSA) is 587 Å². The van der Waals surface area contributed by atoms with Crippen LogP contribution in [-0.2, 0) is 81.0 Å². The highest BCUT2D eigenvalue weighted by Gasteiger charge is 2.46. The summed E-state index contributed by atoms with van der Waals surface area (Å²) in [5.74, 6) is -1.93. The molecule has 23 N–H and O–H groups in total. The second kappa shape index (κ2) is 57.9. The van der Waals surface area contributed by atoms with Crippen molar-refractivity contribution in [1.82, 2.24) is 42.1 Å². The van der Waals surface area contributed by atoms with E-state index in [2.05, 4.69) is 44.1 Å². The highest BCUT2D eigenvalue weighted by atomic mass is 16.7. The SMILES string of the molecule is CCC[C@@H]1C[C@@H](O)CN1C(=O)CCCCCCCCCCC(=O)NC(COCCC(=O)NCCCNC(=O)CCCCOC1OC(CO)C(O)C(O)C1N)(COCCC(=O)NCCCNC(=O)CCCCOC1OC(CO)C(O)C(O)C1N)COCCC(=O)NCCCNC(=O)CCCCOC1OC(CO)C(O)C(O)C1N. The molecule has 4 heterocycles. The fourth-order valence-electron chi connectivity index (χ4n) is 13.1. The number of nitrogens with two attached hydrogens (primary N) is 3. The van der Waals surface area contributed by atoms with Gasteiger partial charge in [0.2, 0.25) is 47.3 Å². The average molecular weight is 1610 g/mol. The van der Waals surface area contributed by atoms with E-state index in [0.717, 1.165) is 57.8 Å². The summed E-state index contributed by atoms with van der Waals surface area (Å²) in [6.07, 6.45) is -0.792. The summed E-state index contributed by atoms with van der Waals surface area (Å²) in [4.78, 5) is 106. The Kier molecular flexibility index (Phi) is 51.3. The summed E-state index contributed by atoms with van der Waals surface area (Å²) in [5.41, 5.74) is 16.4. The summed E-state index contributed by atoms with van der Waals surface area (Å²) in [6, 6.07) is -3.00. The van der Waals surface area contributed by atoms with E-state index >= 15 is 0 Å². The van der Waals surface area contributed by atoms with Crippen LogP contribution in [0.15, 0.2) is 0 Å². The number of amides is 8. The number of β-amino-alcohol motifs (C(OH)–C–C–N with tert-alkyl or cyclic N) is 1. The number of carbonyl (C=O) groups is 8. The summed E-state index contributed by atoms with van der Waals surface area (Å²) < 4.78 is 51.6. The molecule has 0 aromatic carbocycles. The molecule has 0 bridgehead atoms. The zero-order valence-electron chi connectivity index (χ0n) is 65.6. The number of rotatable bonds is 62. The van der Waals surface area contributed by atoms with E-state index in [0.29, 0.717) is 83.6 Å². The third kappa shape index (κ3) is 39.2. The van der Waals surface area contributed by atoms with Crippen LogP contribution in [0.2, 0.25) is 0 Å². The first-order valence-electron chi connectivity index (χ1n) is 40.5. The number of hydrogen-bond acceptors (Lipinski definition) is 30. The quantitative estimate of drug-likeness (QED) is 0.0255. The second-order valence-corrected chi connectivity index (χ2v) is 29.4. The lowest BCUT2D eigenvalue weighted by molar-refractivity contribution is -0.265. The maximum Gasteiger partial charge on any atom is 0.222 e. The van der Waals surface area contributed by atoms with Crippen molar-refractivity contribution in [1.29, 1.82) is 0 Å². The number of carbonyl (C=O) groups excluding carboxylic acids is 8. The molecular weight excluding hydrogens is 1470 g/mol. The molecule has 4 rings (SSSR count). The molecular formula is C74H137N11O27. The Bertz CT molecular complexity index is 2420. The Morgan fingerprint density at radius 2 is 0.679 bits per heavy atom. The van der Waals surface area contributed by atoms with Gasteiger partial charge in [-0.2, -0.15) is 0 Å². The Labute approximate surface area is 657 Å².